The molecule has 0 aromatic heterocycles. The molecule has 7 aromatic carbocycles. The van der Waals surface area contributed by atoms with Crippen molar-refractivity contribution in [1.29, 1.82) is 0 Å². The van der Waals surface area contributed by atoms with Gasteiger partial charge in [-0.1, -0.05) is 78.9 Å². The zero-order chi connectivity index (χ0) is 22.8. The Morgan fingerprint density at radius 1 is 0.412 bits per heavy atom. The maximum atomic E-state index is 10.00. The molecule has 0 heterocycles. The molecule has 0 aliphatic carbocycles. The van der Waals surface area contributed by atoms with Crippen LogP contribution in [0.4, 0.5) is 0 Å². The van der Waals surface area contributed by atoms with Gasteiger partial charge in [0.05, 0.1) is 0 Å². The standard InChI is InChI=1S/C32H20O2/c33-23-14-10-19(11-15-23)28-18-22-9-8-20-4-3-7-26-25-5-1-2-6-27(25)32(31(22)29(20)26)30(28)21-12-16-24(34)17-13-21/h1-18,33-34H. The van der Waals surface area contributed by atoms with Gasteiger partial charge >= 0.3 is 0 Å². The fourth-order valence-corrected chi connectivity index (χ4v) is 5.50. The van der Waals surface area contributed by atoms with Crippen LogP contribution in [0.25, 0.3) is 65.3 Å². The molecular formula is C32H20O2. The molecule has 2 heteroatoms. The Kier molecular flexibility index (Phi) is 3.88. The summed E-state index contributed by atoms with van der Waals surface area (Å²) in [7, 11) is 0. The van der Waals surface area contributed by atoms with Crippen molar-refractivity contribution in [3.8, 4) is 33.8 Å². The second-order valence-electron chi connectivity index (χ2n) is 8.88. The summed E-state index contributed by atoms with van der Waals surface area (Å²) < 4.78 is 0. The summed E-state index contributed by atoms with van der Waals surface area (Å²) >= 11 is 0. The Bertz CT molecular complexity index is 1850. The van der Waals surface area contributed by atoms with E-state index >= 15 is 0 Å². The van der Waals surface area contributed by atoms with E-state index in [1.165, 1.54) is 43.1 Å². The smallest absolute Gasteiger partial charge is 0.115 e. The van der Waals surface area contributed by atoms with Gasteiger partial charge in [0, 0.05) is 0 Å². The first-order valence-electron chi connectivity index (χ1n) is 11.4. The number of fused-ring (bicyclic) bond motifs is 3. The van der Waals surface area contributed by atoms with Crippen LogP contribution in [0.15, 0.2) is 109 Å². The highest BCUT2D eigenvalue weighted by Gasteiger charge is 2.20. The van der Waals surface area contributed by atoms with Gasteiger partial charge in [-0.25, -0.2) is 0 Å². The molecule has 0 saturated heterocycles. The first-order chi connectivity index (χ1) is 16.7. The highest BCUT2D eigenvalue weighted by molar-refractivity contribution is 6.37. The van der Waals surface area contributed by atoms with Crippen molar-refractivity contribution in [2.45, 2.75) is 0 Å². The predicted octanol–water partition coefficient (Wildman–Crippen LogP) is 8.48. The molecule has 0 spiro atoms. The topological polar surface area (TPSA) is 40.5 Å². The van der Waals surface area contributed by atoms with Crippen LogP contribution < -0.4 is 0 Å². The van der Waals surface area contributed by atoms with Gasteiger partial charge in [0.25, 0.3) is 0 Å². The van der Waals surface area contributed by atoms with Crippen LogP contribution in [0, 0.1) is 0 Å². The van der Waals surface area contributed by atoms with E-state index in [1.807, 2.05) is 24.3 Å². The molecule has 0 radical (unpaired) electrons. The molecule has 0 unspecified atom stereocenters. The second-order valence-corrected chi connectivity index (χ2v) is 8.88. The number of benzene rings is 7. The Morgan fingerprint density at radius 2 is 1.00 bits per heavy atom. The second kappa shape index (κ2) is 6.97. The lowest BCUT2D eigenvalue weighted by molar-refractivity contribution is 0.475. The third kappa shape index (κ3) is 2.63. The average Bonchev–Trinajstić information content (AvgIpc) is 2.88. The molecule has 160 valence electrons. The third-order valence-corrected chi connectivity index (χ3v) is 6.97. The van der Waals surface area contributed by atoms with Crippen LogP contribution in [-0.2, 0) is 0 Å². The molecule has 2 nitrogen and oxygen atoms in total. The van der Waals surface area contributed by atoms with Crippen LogP contribution >= 0.6 is 0 Å². The minimum Gasteiger partial charge on any atom is -0.508 e. The number of phenolic OH excluding ortho intramolecular Hbond substituents is 2. The first-order valence-corrected chi connectivity index (χ1v) is 11.4. The van der Waals surface area contributed by atoms with E-state index in [1.54, 1.807) is 24.3 Å². The highest BCUT2D eigenvalue weighted by atomic mass is 16.3. The van der Waals surface area contributed by atoms with E-state index in [2.05, 4.69) is 60.7 Å². The van der Waals surface area contributed by atoms with Crippen molar-refractivity contribution >= 4 is 43.1 Å². The molecule has 7 aromatic rings. The SMILES string of the molecule is Oc1ccc(-c2cc3ccc4cccc5c6ccccc6c(c2-c2ccc(O)cc2)c3c45)cc1. The van der Waals surface area contributed by atoms with Gasteiger partial charge in [0.15, 0.2) is 0 Å². The van der Waals surface area contributed by atoms with Crippen molar-refractivity contribution in [3.05, 3.63) is 109 Å². The maximum Gasteiger partial charge on any atom is 0.115 e. The molecule has 0 fully saturated rings. The summed E-state index contributed by atoms with van der Waals surface area (Å²) in [6.07, 6.45) is 0. The molecule has 34 heavy (non-hydrogen) atoms. The maximum absolute atomic E-state index is 10.00. The Morgan fingerprint density at radius 3 is 1.74 bits per heavy atom. The number of hydrogen-bond donors (Lipinski definition) is 2. The predicted molar refractivity (Wildman–Crippen MR) is 142 cm³/mol. The van der Waals surface area contributed by atoms with Gasteiger partial charge in [-0.3, -0.25) is 0 Å². The zero-order valence-corrected chi connectivity index (χ0v) is 18.3. The first kappa shape index (κ1) is 19.0. The summed E-state index contributed by atoms with van der Waals surface area (Å²) in [4.78, 5) is 0. The summed E-state index contributed by atoms with van der Waals surface area (Å²) in [5.41, 5.74) is 4.31. The highest BCUT2D eigenvalue weighted by Crippen LogP contribution is 2.48. The van der Waals surface area contributed by atoms with Crippen LogP contribution in [0.3, 0.4) is 0 Å². The average molecular weight is 437 g/mol. The molecular weight excluding hydrogens is 416 g/mol. The molecule has 0 aliphatic rings. The minimum absolute atomic E-state index is 0.248. The van der Waals surface area contributed by atoms with E-state index in [0.717, 1.165) is 22.3 Å². The lowest BCUT2D eigenvalue weighted by Gasteiger charge is -2.21. The van der Waals surface area contributed by atoms with E-state index in [-0.39, 0.29) is 11.5 Å². The van der Waals surface area contributed by atoms with Crippen molar-refractivity contribution in [3.63, 3.8) is 0 Å². The van der Waals surface area contributed by atoms with Crippen LogP contribution in [0.5, 0.6) is 11.5 Å². The number of hydrogen-bond acceptors (Lipinski definition) is 2. The molecule has 0 aliphatic heterocycles. The Balaban J connectivity index is 1.79. The van der Waals surface area contributed by atoms with E-state index in [4.69, 9.17) is 0 Å². The fraction of sp³-hybridized carbons (Fsp3) is 0. The van der Waals surface area contributed by atoms with E-state index in [0.29, 0.717) is 0 Å². The van der Waals surface area contributed by atoms with Crippen LogP contribution in [0.2, 0.25) is 0 Å². The van der Waals surface area contributed by atoms with Crippen molar-refractivity contribution in [1.82, 2.24) is 0 Å². The van der Waals surface area contributed by atoms with Crippen molar-refractivity contribution in [2.75, 3.05) is 0 Å². The molecule has 0 bridgehead atoms. The van der Waals surface area contributed by atoms with E-state index in [9.17, 15) is 10.2 Å². The van der Waals surface area contributed by atoms with Gasteiger partial charge in [-0.15, -0.1) is 0 Å². The molecule has 7 rings (SSSR count). The molecule has 2 N–H and O–H groups in total. The number of aromatic hydroxyl groups is 2. The summed E-state index contributed by atoms with van der Waals surface area (Å²) in [5.74, 6) is 0.496. The van der Waals surface area contributed by atoms with Crippen LogP contribution in [-0.4, -0.2) is 10.2 Å². The summed E-state index contributed by atoms with van der Waals surface area (Å²) in [6, 6.07) is 36.7. The lowest BCUT2D eigenvalue weighted by Crippen LogP contribution is -1.93. The Hall–Kier alpha value is -4.56. The van der Waals surface area contributed by atoms with Crippen LogP contribution in [0.1, 0.15) is 0 Å². The molecule has 0 atom stereocenters. The molecule has 0 saturated carbocycles. The van der Waals surface area contributed by atoms with Gasteiger partial charge in [0.1, 0.15) is 11.5 Å². The summed E-state index contributed by atoms with van der Waals surface area (Å²) in [6.45, 7) is 0. The Labute approximate surface area is 196 Å². The summed E-state index contributed by atoms with van der Waals surface area (Å²) in [5, 5.41) is 29.8. The quantitative estimate of drug-likeness (QED) is 0.211. The normalized spacial score (nSPS) is 11.8. The fourth-order valence-electron chi connectivity index (χ4n) is 5.50. The monoisotopic (exact) mass is 436 g/mol. The lowest BCUT2D eigenvalue weighted by atomic mass is 9.82. The van der Waals surface area contributed by atoms with Gasteiger partial charge < -0.3 is 10.2 Å². The van der Waals surface area contributed by atoms with E-state index < -0.39 is 0 Å². The largest absolute Gasteiger partial charge is 0.508 e. The van der Waals surface area contributed by atoms with Gasteiger partial charge in [0.2, 0.25) is 0 Å². The van der Waals surface area contributed by atoms with Gasteiger partial charge in [-0.05, 0) is 95.7 Å². The zero-order valence-electron chi connectivity index (χ0n) is 18.3. The van der Waals surface area contributed by atoms with Gasteiger partial charge in [-0.2, -0.15) is 0 Å². The number of rotatable bonds is 2. The van der Waals surface area contributed by atoms with Crippen molar-refractivity contribution in [2.24, 2.45) is 0 Å². The third-order valence-electron chi connectivity index (χ3n) is 6.97. The number of phenols is 2. The van der Waals surface area contributed by atoms with Crippen molar-refractivity contribution < 1.29 is 10.2 Å². The minimum atomic E-state index is 0.248. The molecule has 0 amide bonds.